The Morgan fingerprint density at radius 1 is 0.778 bits per heavy atom. The van der Waals surface area contributed by atoms with Gasteiger partial charge in [-0.15, -0.1) is 0 Å². The zero-order valence-electron chi connectivity index (χ0n) is 14.8. The highest BCUT2D eigenvalue weighted by atomic mass is 16.4. The molecule has 3 heterocycles. The van der Waals surface area contributed by atoms with Crippen LogP contribution in [0.3, 0.4) is 0 Å². The zero-order valence-corrected chi connectivity index (χ0v) is 14.8. The molecular formula is C21H19N5O. The van der Waals surface area contributed by atoms with Crippen LogP contribution in [0.2, 0.25) is 0 Å². The summed E-state index contributed by atoms with van der Waals surface area (Å²) in [6, 6.07) is 20.8. The first-order chi connectivity index (χ1) is 13.4. The number of piperazine rings is 1. The Bertz CT molecular complexity index is 1020. The fourth-order valence-electron chi connectivity index (χ4n) is 3.41. The van der Waals surface area contributed by atoms with E-state index in [0.717, 1.165) is 54.4 Å². The molecule has 6 nitrogen and oxygen atoms in total. The van der Waals surface area contributed by atoms with Crippen molar-refractivity contribution in [3.63, 3.8) is 0 Å². The molecule has 1 aliphatic heterocycles. The second kappa shape index (κ2) is 6.72. The van der Waals surface area contributed by atoms with E-state index in [9.17, 15) is 0 Å². The molecule has 2 aromatic heterocycles. The smallest absolute Gasteiger partial charge is 0.298 e. The van der Waals surface area contributed by atoms with Crippen LogP contribution in [0.5, 0.6) is 0 Å². The maximum atomic E-state index is 5.90. The summed E-state index contributed by atoms with van der Waals surface area (Å²) in [6.45, 7) is 3.42. The predicted molar refractivity (Wildman–Crippen MR) is 106 cm³/mol. The largest absolute Gasteiger partial charge is 0.423 e. The molecule has 0 amide bonds. The molecule has 0 saturated carbocycles. The van der Waals surface area contributed by atoms with E-state index >= 15 is 0 Å². The number of benzene rings is 2. The van der Waals surface area contributed by atoms with Crippen LogP contribution in [0.25, 0.3) is 22.4 Å². The van der Waals surface area contributed by atoms with Gasteiger partial charge in [0.15, 0.2) is 5.58 Å². The van der Waals surface area contributed by atoms with Crippen molar-refractivity contribution in [2.45, 2.75) is 0 Å². The third-order valence-electron chi connectivity index (χ3n) is 4.88. The lowest BCUT2D eigenvalue weighted by Gasteiger charge is -2.34. The fourth-order valence-corrected chi connectivity index (χ4v) is 3.41. The first kappa shape index (κ1) is 15.8. The highest BCUT2D eigenvalue weighted by Gasteiger charge is 2.22. The fraction of sp³-hybridized carbons (Fsp3) is 0.190. The molecular weight excluding hydrogens is 338 g/mol. The Hall–Kier alpha value is -3.41. The number of para-hydroxylation sites is 2. The average Bonchev–Trinajstić information content (AvgIpc) is 3.19. The molecule has 0 radical (unpaired) electrons. The van der Waals surface area contributed by atoms with Crippen molar-refractivity contribution in [1.82, 2.24) is 15.0 Å². The van der Waals surface area contributed by atoms with Gasteiger partial charge in [-0.25, -0.2) is 9.97 Å². The summed E-state index contributed by atoms with van der Waals surface area (Å²) in [4.78, 5) is 18.0. The van der Waals surface area contributed by atoms with Crippen LogP contribution in [-0.2, 0) is 0 Å². The number of rotatable bonds is 3. The van der Waals surface area contributed by atoms with E-state index in [1.807, 2.05) is 42.5 Å². The normalized spacial score (nSPS) is 14.7. The minimum Gasteiger partial charge on any atom is -0.423 e. The molecule has 0 atom stereocenters. The summed E-state index contributed by atoms with van der Waals surface area (Å²) < 4.78 is 5.90. The van der Waals surface area contributed by atoms with Gasteiger partial charge in [0, 0.05) is 37.8 Å². The van der Waals surface area contributed by atoms with Crippen molar-refractivity contribution in [3.8, 4) is 11.3 Å². The lowest BCUT2D eigenvalue weighted by atomic mass is 10.1. The van der Waals surface area contributed by atoms with E-state index in [-0.39, 0.29) is 0 Å². The summed E-state index contributed by atoms with van der Waals surface area (Å²) in [7, 11) is 0. The van der Waals surface area contributed by atoms with Crippen molar-refractivity contribution in [2.24, 2.45) is 0 Å². The van der Waals surface area contributed by atoms with E-state index in [1.54, 1.807) is 6.33 Å². The molecule has 4 aromatic rings. The number of fused-ring (bicyclic) bond motifs is 1. The zero-order chi connectivity index (χ0) is 18.1. The van der Waals surface area contributed by atoms with Gasteiger partial charge in [-0.3, -0.25) is 0 Å². The molecule has 6 heteroatoms. The minimum atomic E-state index is 0.698. The summed E-state index contributed by atoms with van der Waals surface area (Å²) in [5, 5.41) is 0. The maximum absolute atomic E-state index is 5.90. The van der Waals surface area contributed by atoms with E-state index in [4.69, 9.17) is 4.42 Å². The highest BCUT2D eigenvalue weighted by molar-refractivity contribution is 5.74. The third-order valence-corrected chi connectivity index (χ3v) is 4.88. The van der Waals surface area contributed by atoms with Crippen LogP contribution < -0.4 is 9.80 Å². The van der Waals surface area contributed by atoms with Crippen LogP contribution in [0.1, 0.15) is 0 Å². The lowest BCUT2D eigenvalue weighted by Crippen LogP contribution is -2.47. The first-order valence-electron chi connectivity index (χ1n) is 9.10. The lowest BCUT2D eigenvalue weighted by molar-refractivity contribution is 0.540. The summed E-state index contributed by atoms with van der Waals surface area (Å²) in [5.41, 5.74) is 3.78. The molecule has 2 aromatic carbocycles. The third kappa shape index (κ3) is 3.10. The SMILES string of the molecule is c1ccc(-c2cc(N3CCN(c4nc5ccccc5o4)CC3)ncn2)cc1. The number of nitrogens with zero attached hydrogens (tertiary/aromatic N) is 5. The van der Waals surface area contributed by atoms with Gasteiger partial charge in [-0.1, -0.05) is 42.5 Å². The second-order valence-electron chi connectivity index (χ2n) is 6.57. The number of hydrogen-bond donors (Lipinski definition) is 0. The topological polar surface area (TPSA) is 58.3 Å². The molecule has 0 N–H and O–H groups in total. The van der Waals surface area contributed by atoms with Crippen LogP contribution >= 0.6 is 0 Å². The van der Waals surface area contributed by atoms with Gasteiger partial charge < -0.3 is 14.2 Å². The number of hydrogen-bond acceptors (Lipinski definition) is 6. The van der Waals surface area contributed by atoms with Gasteiger partial charge in [0.1, 0.15) is 17.7 Å². The first-order valence-corrected chi connectivity index (χ1v) is 9.10. The predicted octanol–water partition coefficient (Wildman–Crippen LogP) is 3.61. The van der Waals surface area contributed by atoms with Crippen molar-refractivity contribution < 1.29 is 4.42 Å². The standard InChI is InChI=1S/C21H19N5O/c1-2-6-16(7-3-1)18-14-20(23-15-22-18)25-10-12-26(13-11-25)21-24-17-8-4-5-9-19(17)27-21/h1-9,14-15H,10-13H2. The Labute approximate surface area is 157 Å². The Morgan fingerprint density at radius 2 is 1.52 bits per heavy atom. The molecule has 0 spiro atoms. The van der Waals surface area contributed by atoms with E-state index < -0.39 is 0 Å². The molecule has 0 bridgehead atoms. The molecule has 1 saturated heterocycles. The minimum absolute atomic E-state index is 0.698. The number of anilines is 2. The average molecular weight is 357 g/mol. The van der Waals surface area contributed by atoms with Gasteiger partial charge in [-0.2, -0.15) is 4.98 Å². The molecule has 27 heavy (non-hydrogen) atoms. The summed E-state index contributed by atoms with van der Waals surface area (Å²) in [5.74, 6) is 0.959. The van der Waals surface area contributed by atoms with Crippen molar-refractivity contribution in [1.29, 1.82) is 0 Å². The highest BCUT2D eigenvalue weighted by Crippen LogP contribution is 2.25. The van der Waals surface area contributed by atoms with Crippen molar-refractivity contribution >= 4 is 22.9 Å². The van der Waals surface area contributed by atoms with Crippen LogP contribution in [0.15, 0.2) is 71.4 Å². The number of oxazole rings is 1. The molecule has 5 rings (SSSR count). The van der Waals surface area contributed by atoms with Gasteiger partial charge >= 0.3 is 0 Å². The van der Waals surface area contributed by atoms with Gasteiger partial charge in [0.2, 0.25) is 0 Å². The molecule has 0 aliphatic carbocycles. The monoisotopic (exact) mass is 357 g/mol. The maximum Gasteiger partial charge on any atom is 0.298 e. The molecule has 0 unspecified atom stereocenters. The van der Waals surface area contributed by atoms with Gasteiger partial charge in [0.05, 0.1) is 5.69 Å². The van der Waals surface area contributed by atoms with E-state index in [2.05, 4.69) is 43.0 Å². The molecule has 1 fully saturated rings. The summed E-state index contributed by atoms with van der Waals surface area (Å²) in [6.07, 6.45) is 1.64. The molecule has 1 aliphatic rings. The van der Waals surface area contributed by atoms with Crippen LogP contribution in [0, 0.1) is 0 Å². The van der Waals surface area contributed by atoms with E-state index in [1.165, 1.54) is 0 Å². The van der Waals surface area contributed by atoms with Crippen LogP contribution in [0.4, 0.5) is 11.8 Å². The van der Waals surface area contributed by atoms with Crippen LogP contribution in [-0.4, -0.2) is 41.1 Å². The van der Waals surface area contributed by atoms with Crippen molar-refractivity contribution in [2.75, 3.05) is 36.0 Å². The Morgan fingerprint density at radius 3 is 2.33 bits per heavy atom. The quantitative estimate of drug-likeness (QED) is 0.558. The molecule has 134 valence electrons. The van der Waals surface area contributed by atoms with E-state index in [0.29, 0.717) is 6.01 Å². The van der Waals surface area contributed by atoms with Gasteiger partial charge in [-0.05, 0) is 12.1 Å². The van der Waals surface area contributed by atoms with Gasteiger partial charge in [0.25, 0.3) is 6.01 Å². The Balaban J connectivity index is 1.32. The summed E-state index contributed by atoms with van der Waals surface area (Å²) >= 11 is 0. The Kier molecular flexibility index (Phi) is 3.93. The second-order valence-corrected chi connectivity index (χ2v) is 6.57. The number of aromatic nitrogens is 3. The van der Waals surface area contributed by atoms with Crippen molar-refractivity contribution in [3.05, 3.63) is 67.0 Å².